The molecule has 11 heteroatoms. The highest BCUT2D eigenvalue weighted by Crippen LogP contribution is 2.25. The Bertz CT molecular complexity index is 1140. The number of benzene rings is 2. The summed E-state index contributed by atoms with van der Waals surface area (Å²) < 4.78 is 55.7. The maximum Gasteiger partial charge on any atom is 0.264 e. The molecule has 0 bridgehead atoms. The van der Waals surface area contributed by atoms with Crippen molar-refractivity contribution in [2.75, 3.05) is 9.44 Å². The molecule has 0 saturated carbocycles. The van der Waals surface area contributed by atoms with E-state index in [0.717, 1.165) is 0 Å². The van der Waals surface area contributed by atoms with E-state index in [9.17, 15) is 16.8 Å². The summed E-state index contributed by atoms with van der Waals surface area (Å²) in [6, 6.07) is 17.0. The molecule has 0 aliphatic rings. The van der Waals surface area contributed by atoms with E-state index in [2.05, 4.69) is 46.3 Å². The molecular formula is C17H13Br2N3O4S2. The van der Waals surface area contributed by atoms with Gasteiger partial charge < -0.3 is 0 Å². The Kier molecular flexibility index (Phi) is 6.08. The summed E-state index contributed by atoms with van der Waals surface area (Å²) in [6.07, 6.45) is 0. The Morgan fingerprint density at radius 1 is 0.607 bits per heavy atom. The van der Waals surface area contributed by atoms with Crippen LogP contribution in [0.2, 0.25) is 0 Å². The van der Waals surface area contributed by atoms with Gasteiger partial charge in [0, 0.05) is 8.95 Å². The van der Waals surface area contributed by atoms with Crippen LogP contribution in [0.5, 0.6) is 0 Å². The van der Waals surface area contributed by atoms with Crippen LogP contribution in [0.3, 0.4) is 0 Å². The Hall–Kier alpha value is -1.95. The lowest BCUT2D eigenvalue weighted by Crippen LogP contribution is -2.17. The molecule has 0 spiro atoms. The Labute approximate surface area is 179 Å². The van der Waals surface area contributed by atoms with Gasteiger partial charge in [0.1, 0.15) is 21.4 Å². The summed E-state index contributed by atoms with van der Waals surface area (Å²) >= 11 is 6.39. The average molecular weight is 547 g/mol. The lowest BCUT2D eigenvalue weighted by molar-refractivity contribution is 0.599. The van der Waals surface area contributed by atoms with Gasteiger partial charge in [-0.15, -0.1) is 0 Å². The SMILES string of the molecule is O=S(=O)(Nc1cccc(NS(=O)(=O)c2ccccc2Br)n1)c1ccccc1Br. The summed E-state index contributed by atoms with van der Waals surface area (Å²) in [6.45, 7) is 0. The molecule has 0 atom stereocenters. The highest BCUT2D eigenvalue weighted by molar-refractivity contribution is 9.10. The standard InChI is InChI=1S/C17H13Br2N3O4S2/c18-12-6-1-3-8-14(12)27(23,24)21-16-10-5-11-17(20-16)22-28(25,26)15-9-4-2-7-13(15)19/h1-11H,(H2,20,21,22). The largest absolute Gasteiger partial charge is 0.264 e. The molecule has 0 saturated heterocycles. The van der Waals surface area contributed by atoms with Crippen molar-refractivity contribution in [3.63, 3.8) is 0 Å². The number of rotatable bonds is 6. The zero-order valence-corrected chi connectivity index (χ0v) is 18.8. The zero-order chi connectivity index (χ0) is 20.4. The van der Waals surface area contributed by atoms with E-state index >= 15 is 0 Å². The van der Waals surface area contributed by atoms with Gasteiger partial charge >= 0.3 is 0 Å². The predicted octanol–water partition coefficient (Wildman–Crippen LogP) is 4.21. The summed E-state index contributed by atoms with van der Waals surface area (Å²) in [7, 11) is -7.81. The third-order valence-corrected chi connectivity index (χ3v) is 8.21. The molecule has 3 aromatic rings. The van der Waals surface area contributed by atoms with Gasteiger partial charge in [0.25, 0.3) is 20.0 Å². The van der Waals surface area contributed by atoms with Crippen molar-refractivity contribution in [1.82, 2.24) is 4.98 Å². The topological polar surface area (TPSA) is 105 Å². The molecular weight excluding hydrogens is 534 g/mol. The second-order valence-electron chi connectivity index (χ2n) is 5.48. The van der Waals surface area contributed by atoms with E-state index in [4.69, 9.17) is 0 Å². The molecule has 0 aliphatic heterocycles. The van der Waals surface area contributed by atoms with Gasteiger partial charge in [-0.25, -0.2) is 21.8 Å². The number of hydrogen-bond acceptors (Lipinski definition) is 5. The van der Waals surface area contributed by atoms with Gasteiger partial charge in [0.05, 0.1) is 0 Å². The van der Waals surface area contributed by atoms with E-state index in [1.165, 1.54) is 30.3 Å². The highest BCUT2D eigenvalue weighted by Gasteiger charge is 2.20. The van der Waals surface area contributed by atoms with Crippen LogP contribution < -0.4 is 9.44 Å². The third-order valence-electron chi connectivity index (χ3n) is 3.48. The maximum absolute atomic E-state index is 12.6. The van der Waals surface area contributed by atoms with Gasteiger partial charge in [-0.2, -0.15) is 0 Å². The lowest BCUT2D eigenvalue weighted by atomic mass is 10.4. The zero-order valence-electron chi connectivity index (χ0n) is 14.0. The number of anilines is 2. The summed E-state index contributed by atoms with van der Waals surface area (Å²) in [5, 5.41) is 0. The van der Waals surface area contributed by atoms with Crippen molar-refractivity contribution in [2.24, 2.45) is 0 Å². The molecule has 2 N–H and O–H groups in total. The molecule has 28 heavy (non-hydrogen) atoms. The predicted molar refractivity (Wildman–Crippen MR) is 114 cm³/mol. The number of aromatic nitrogens is 1. The molecule has 0 fully saturated rings. The van der Waals surface area contributed by atoms with Crippen LogP contribution in [-0.2, 0) is 20.0 Å². The number of nitrogens with zero attached hydrogens (tertiary/aromatic N) is 1. The molecule has 146 valence electrons. The second kappa shape index (κ2) is 8.19. The smallest absolute Gasteiger partial charge is 0.263 e. The van der Waals surface area contributed by atoms with E-state index < -0.39 is 20.0 Å². The van der Waals surface area contributed by atoms with Crippen molar-refractivity contribution >= 4 is 63.5 Å². The van der Waals surface area contributed by atoms with Crippen molar-refractivity contribution < 1.29 is 16.8 Å². The maximum atomic E-state index is 12.6. The van der Waals surface area contributed by atoms with Crippen LogP contribution in [-0.4, -0.2) is 21.8 Å². The van der Waals surface area contributed by atoms with E-state index in [1.54, 1.807) is 36.4 Å². The van der Waals surface area contributed by atoms with Crippen molar-refractivity contribution in [3.05, 3.63) is 75.7 Å². The molecule has 0 radical (unpaired) electrons. The summed E-state index contributed by atoms with van der Waals surface area (Å²) in [5.74, 6) is -0.0499. The fraction of sp³-hybridized carbons (Fsp3) is 0. The molecule has 0 amide bonds. The van der Waals surface area contributed by atoms with E-state index in [0.29, 0.717) is 8.95 Å². The van der Waals surface area contributed by atoms with E-state index in [1.807, 2.05) is 0 Å². The highest BCUT2D eigenvalue weighted by atomic mass is 79.9. The monoisotopic (exact) mass is 545 g/mol. The molecule has 7 nitrogen and oxygen atoms in total. The van der Waals surface area contributed by atoms with E-state index in [-0.39, 0.29) is 21.4 Å². The van der Waals surface area contributed by atoms with Crippen LogP contribution in [0.1, 0.15) is 0 Å². The van der Waals surface area contributed by atoms with Crippen LogP contribution in [0, 0.1) is 0 Å². The lowest BCUT2D eigenvalue weighted by Gasteiger charge is -2.12. The first-order valence-electron chi connectivity index (χ1n) is 7.71. The fourth-order valence-corrected chi connectivity index (χ4v) is 6.27. The van der Waals surface area contributed by atoms with Gasteiger partial charge in [-0.1, -0.05) is 30.3 Å². The number of pyridine rings is 1. The minimum absolute atomic E-state index is 0.0249. The number of nitrogens with one attached hydrogen (secondary N) is 2. The summed E-state index contributed by atoms with van der Waals surface area (Å²) in [4.78, 5) is 4.12. The number of halogens is 2. The van der Waals surface area contributed by atoms with Gasteiger partial charge in [-0.3, -0.25) is 9.44 Å². The molecule has 0 aliphatic carbocycles. The Morgan fingerprint density at radius 3 is 1.39 bits per heavy atom. The molecule has 0 unspecified atom stereocenters. The van der Waals surface area contributed by atoms with Crippen molar-refractivity contribution in [3.8, 4) is 0 Å². The molecule has 3 rings (SSSR count). The number of hydrogen-bond donors (Lipinski definition) is 2. The minimum Gasteiger partial charge on any atom is -0.263 e. The van der Waals surface area contributed by atoms with Crippen LogP contribution >= 0.6 is 31.9 Å². The minimum atomic E-state index is -3.91. The molecule has 2 aromatic carbocycles. The molecule has 1 aromatic heterocycles. The normalized spacial score (nSPS) is 11.8. The van der Waals surface area contributed by atoms with Gasteiger partial charge in [0.15, 0.2) is 0 Å². The summed E-state index contributed by atoms with van der Waals surface area (Å²) in [5.41, 5.74) is 0. The van der Waals surface area contributed by atoms with Gasteiger partial charge in [-0.05, 0) is 68.3 Å². The number of sulfonamides is 2. The fourth-order valence-electron chi connectivity index (χ4n) is 2.26. The first-order valence-corrected chi connectivity index (χ1v) is 12.3. The first kappa shape index (κ1) is 20.8. The first-order chi connectivity index (χ1) is 13.2. The quantitative estimate of drug-likeness (QED) is 0.482. The van der Waals surface area contributed by atoms with Crippen LogP contribution in [0.15, 0.2) is 85.5 Å². The average Bonchev–Trinajstić information content (AvgIpc) is 2.61. The Morgan fingerprint density at radius 2 is 1.00 bits per heavy atom. The third kappa shape index (κ3) is 4.72. The van der Waals surface area contributed by atoms with Crippen LogP contribution in [0.4, 0.5) is 11.6 Å². The van der Waals surface area contributed by atoms with Crippen LogP contribution in [0.25, 0.3) is 0 Å². The van der Waals surface area contributed by atoms with Crippen molar-refractivity contribution in [2.45, 2.75) is 9.79 Å². The molecule has 1 heterocycles. The van der Waals surface area contributed by atoms with Crippen molar-refractivity contribution in [1.29, 1.82) is 0 Å². The Balaban J connectivity index is 1.87. The van der Waals surface area contributed by atoms with Gasteiger partial charge in [0.2, 0.25) is 0 Å². The second-order valence-corrected chi connectivity index (χ2v) is 10.5.